The third-order valence-electron chi connectivity index (χ3n) is 4.24. The molecule has 1 aliphatic rings. The third kappa shape index (κ3) is 1.80. The Bertz CT molecular complexity index is 626. The zero-order valence-corrected chi connectivity index (χ0v) is 11.9. The van der Waals surface area contributed by atoms with Crippen molar-refractivity contribution in [1.29, 1.82) is 0 Å². The first kappa shape index (κ1) is 12.7. The van der Waals surface area contributed by atoms with Gasteiger partial charge >= 0.3 is 0 Å². The number of aliphatic hydroxyl groups is 1. The summed E-state index contributed by atoms with van der Waals surface area (Å²) in [5.74, 6) is 0. The minimum absolute atomic E-state index is 0.314. The second kappa shape index (κ2) is 3.62. The van der Waals surface area contributed by atoms with Crippen molar-refractivity contribution in [3.8, 4) is 0 Å². The molecule has 1 unspecified atom stereocenters. The molecule has 0 radical (unpaired) electrons. The van der Waals surface area contributed by atoms with E-state index in [9.17, 15) is 5.11 Å². The Balaban J connectivity index is 2.13. The Morgan fingerprint density at radius 1 is 1.16 bits per heavy atom. The molecule has 1 fully saturated rings. The average molecular weight is 259 g/mol. The van der Waals surface area contributed by atoms with Gasteiger partial charge in [0.15, 0.2) is 0 Å². The van der Waals surface area contributed by atoms with Crippen LogP contribution in [0, 0.1) is 0 Å². The first-order valence-corrected chi connectivity index (χ1v) is 6.74. The molecule has 2 aromatic rings. The summed E-state index contributed by atoms with van der Waals surface area (Å²) in [6.07, 6.45) is 2.52. The van der Waals surface area contributed by atoms with Crippen molar-refractivity contribution in [3.63, 3.8) is 0 Å². The standard InChI is InChI=1S/C16H21NO2/c1-14(2)10-16(18,15(3,4)19-14)12-5-6-13-11(9-12)7-8-17-13/h5-9,17-18H,10H2,1-4H3. The highest BCUT2D eigenvalue weighted by Crippen LogP contribution is 2.51. The zero-order valence-electron chi connectivity index (χ0n) is 11.9. The van der Waals surface area contributed by atoms with Gasteiger partial charge in [0.25, 0.3) is 0 Å². The van der Waals surface area contributed by atoms with E-state index < -0.39 is 11.2 Å². The van der Waals surface area contributed by atoms with Gasteiger partial charge in [0.1, 0.15) is 5.60 Å². The molecule has 1 aromatic heterocycles. The van der Waals surface area contributed by atoms with Gasteiger partial charge in [0, 0.05) is 18.1 Å². The van der Waals surface area contributed by atoms with Gasteiger partial charge in [-0.15, -0.1) is 0 Å². The number of aromatic nitrogens is 1. The molecule has 1 atom stereocenters. The Morgan fingerprint density at radius 2 is 1.89 bits per heavy atom. The fourth-order valence-electron chi connectivity index (χ4n) is 3.40. The molecule has 3 heteroatoms. The number of hydrogen-bond acceptors (Lipinski definition) is 2. The molecule has 1 aliphatic heterocycles. The number of nitrogens with one attached hydrogen (secondary N) is 1. The molecule has 102 valence electrons. The van der Waals surface area contributed by atoms with Crippen molar-refractivity contribution in [2.24, 2.45) is 0 Å². The van der Waals surface area contributed by atoms with Crippen LogP contribution in [0.2, 0.25) is 0 Å². The molecule has 0 aliphatic carbocycles. The quantitative estimate of drug-likeness (QED) is 0.825. The van der Waals surface area contributed by atoms with E-state index in [0.29, 0.717) is 6.42 Å². The van der Waals surface area contributed by atoms with Crippen LogP contribution in [0.15, 0.2) is 30.5 Å². The normalized spacial score (nSPS) is 28.9. The number of H-pyrrole nitrogens is 1. The highest BCUT2D eigenvalue weighted by atomic mass is 16.5. The number of benzene rings is 1. The Hall–Kier alpha value is -1.32. The lowest BCUT2D eigenvalue weighted by Gasteiger charge is -2.35. The summed E-state index contributed by atoms with van der Waals surface area (Å²) in [5, 5.41) is 12.3. The van der Waals surface area contributed by atoms with E-state index in [1.165, 1.54) is 0 Å². The second-order valence-electron chi connectivity index (χ2n) is 6.69. The predicted molar refractivity (Wildman–Crippen MR) is 76.1 cm³/mol. The lowest BCUT2D eigenvalue weighted by atomic mass is 9.77. The van der Waals surface area contributed by atoms with Crippen LogP contribution in [0.5, 0.6) is 0 Å². The van der Waals surface area contributed by atoms with Gasteiger partial charge in [-0.2, -0.15) is 0 Å². The Kier molecular flexibility index (Phi) is 2.42. The Morgan fingerprint density at radius 3 is 2.53 bits per heavy atom. The molecule has 0 saturated carbocycles. The lowest BCUT2D eigenvalue weighted by molar-refractivity contribution is -0.129. The van der Waals surface area contributed by atoms with E-state index in [4.69, 9.17) is 4.74 Å². The summed E-state index contributed by atoms with van der Waals surface area (Å²) in [6, 6.07) is 8.09. The topological polar surface area (TPSA) is 45.2 Å². The third-order valence-corrected chi connectivity index (χ3v) is 4.24. The van der Waals surface area contributed by atoms with E-state index in [2.05, 4.69) is 11.1 Å². The van der Waals surface area contributed by atoms with Gasteiger partial charge in [-0.25, -0.2) is 0 Å². The van der Waals surface area contributed by atoms with Crippen molar-refractivity contribution < 1.29 is 9.84 Å². The maximum atomic E-state index is 11.2. The molecule has 0 amide bonds. The summed E-state index contributed by atoms with van der Waals surface area (Å²) < 4.78 is 6.04. The van der Waals surface area contributed by atoms with E-state index in [-0.39, 0.29) is 5.60 Å². The van der Waals surface area contributed by atoms with Crippen LogP contribution in [-0.2, 0) is 10.3 Å². The summed E-state index contributed by atoms with van der Waals surface area (Å²) in [4.78, 5) is 3.17. The first-order chi connectivity index (χ1) is 8.74. The largest absolute Gasteiger partial charge is 0.382 e. The van der Waals surface area contributed by atoms with Crippen LogP contribution in [0.1, 0.15) is 39.7 Å². The average Bonchev–Trinajstić information content (AvgIpc) is 2.78. The Labute approximate surface area is 113 Å². The molecule has 0 bridgehead atoms. The molecule has 3 rings (SSSR count). The highest BCUT2D eigenvalue weighted by Gasteiger charge is 2.57. The summed E-state index contributed by atoms with van der Waals surface area (Å²) in [6.45, 7) is 7.98. The predicted octanol–water partition coefficient (Wildman–Crippen LogP) is 3.33. The molecule has 19 heavy (non-hydrogen) atoms. The van der Waals surface area contributed by atoms with Crippen molar-refractivity contribution in [2.45, 2.75) is 50.9 Å². The SMILES string of the molecule is CC1(C)CC(O)(c2ccc3[nH]ccc3c2)C(C)(C)O1. The smallest absolute Gasteiger partial charge is 0.121 e. The summed E-state index contributed by atoms with van der Waals surface area (Å²) in [5.41, 5.74) is 0.145. The van der Waals surface area contributed by atoms with Crippen LogP contribution in [0.4, 0.5) is 0 Å². The van der Waals surface area contributed by atoms with Crippen molar-refractivity contribution in [2.75, 3.05) is 0 Å². The van der Waals surface area contributed by atoms with Crippen LogP contribution in [0.25, 0.3) is 10.9 Å². The number of rotatable bonds is 1. The second-order valence-corrected chi connectivity index (χ2v) is 6.69. The molecule has 3 nitrogen and oxygen atoms in total. The van der Waals surface area contributed by atoms with Crippen molar-refractivity contribution >= 4 is 10.9 Å². The van der Waals surface area contributed by atoms with Crippen LogP contribution < -0.4 is 0 Å². The first-order valence-electron chi connectivity index (χ1n) is 6.74. The fraction of sp³-hybridized carbons (Fsp3) is 0.500. The van der Waals surface area contributed by atoms with Crippen LogP contribution in [-0.4, -0.2) is 21.3 Å². The van der Waals surface area contributed by atoms with Gasteiger partial charge in [0.05, 0.1) is 11.2 Å². The fourth-order valence-corrected chi connectivity index (χ4v) is 3.40. The number of hydrogen-bond donors (Lipinski definition) is 2. The van der Waals surface area contributed by atoms with Gasteiger partial charge in [-0.05, 0) is 56.8 Å². The molecule has 1 saturated heterocycles. The van der Waals surface area contributed by atoms with Crippen LogP contribution in [0.3, 0.4) is 0 Å². The molecule has 0 spiro atoms. The van der Waals surface area contributed by atoms with Gasteiger partial charge in [-0.1, -0.05) is 6.07 Å². The molecular weight excluding hydrogens is 238 g/mol. The number of aromatic amines is 1. The number of fused-ring (bicyclic) bond motifs is 1. The van der Waals surface area contributed by atoms with E-state index in [1.807, 2.05) is 52.1 Å². The molecule has 2 heterocycles. The van der Waals surface area contributed by atoms with Gasteiger partial charge < -0.3 is 14.8 Å². The maximum Gasteiger partial charge on any atom is 0.121 e. The van der Waals surface area contributed by atoms with Gasteiger partial charge in [-0.3, -0.25) is 0 Å². The minimum Gasteiger partial charge on any atom is -0.382 e. The minimum atomic E-state index is -0.956. The van der Waals surface area contributed by atoms with E-state index in [0.717, 1.165) is 16.5 Å². The maximum absolute atomic E-state index is 11.2. The van der Waals surface area contributed by atoms with Crippen molar-refractivity contribution in [3.05, 3.63) is 36.0 Å². The molecule has 1 aromatic carbocycles. The van der Waals surface area contributed by atoms with Crippen LogP contribution >= 0.6 is 0 Å². The summed E-state index contributed by atoms with van der Waals surface area (Å²) in [7, 11) is 0. The number of ether oxygens (including phenoxy) is 1. The zero-order chi connectivity index (χ0) is 13.9. The van der Waals surface area contributed by atoms with E-state index in [1.54, 1.807) is 0 Å². The molecular formula is C16H21NO2. The van der Waals surface area contributed by atoms with Crippen molar-refractivity contribution in [1.82, 2.24) is 4.98 Å². The van der Waals surface area contributed by atoms with Gasteiger partial charge in [0.2, 0.25) is 0 Å². The molecule has 2 N–H and O–H groups in total. The monoisotopic (exact) mass is 259 g/mol. The lowest BCUT2D eigenvalue weighted by Crippen LogP contribution is -2.43. The summed E-state index contributed by atoms with van der Waals surface area (Å²) >= 11 is 0. The van der Waals surface area contributed by atoms with E-state index >= 15 is 0 Å². The highest BCUT2D eigenvalue weighted by molar-refractivity contribution is 5.80.